The number of unbranched alkanes of at least 4 members (excludes halogenated alkanes) is 21. The molecule has 0 saturated carbocycles. The zero-order chi connectivity index (χ0) is 25.2. The molecule has 2 heteroatoms. The highest BCUT2D eigenvalue weighted by Crippen LogP contribution is 2.23. The topological polar surface area (TPSA) is 6.48 Å². The van der Waals surface area contributed by atoms with Crippen LogP contribution in [0.5, 0.6) is 0 Å². The molecule has 1 atom stereocenters. The van der Waals surface area contributed by atoms with Crippen LogP contribution in [-0.2, 0) is 0 Å². The van der Waals surface area contributed by atoms with Gasteiger partial charge in [-0.3, -0.25) is 0 Å². The number of rotatable bonds is 27. The highest BCUT2D eigenvalue weighted by Gasteiger charge is 2.24. The third kappa shape index (κ3) is 18.3. The van der Waals surface area contributed by atoms with Crippen molar-refractivity contribution in [3.05, 3.63) is 12.4 Å². The predicted octanol–water partition coefficient (Wildman–Crippen LogP) is 11.2. The van der Waals surface area contributed by atoms with Crippen LogP contribution in [0, 0.1) is 0 Å². The minimum absolute atomic E-state index is 0.641. The molecule has 0 fully saturated rings. The Bertz CT molecular complexity index is 446. The Labute approximate surface area is 222 Å². The summed E-state index contributed by atoms with van der Waals surface area (Å²) in [6.07, 6.45) is 41.2. The maximum absolute atomic E-state index is 2.66. The molecule has 1 heterocycles. The minimum Gasteiger partial charge on any atom is -0.356 e. The largest absolute Gasteiger partial charge is 0.356 e. The van der Waals surface area contributed by atoms with Crippen LogP contribution < -0.4 is 0 Å². The summed E-state index contributed by atoms with van der Waals surface area (Å²) in [5.74, 6) is 0. The van der Waals surface area contributed by atoms with Gasteiger partial charge in [0.25, 0.3) is 0 Å². The molecule has 0 spiro atoms. The SMILES string of the molecule is CCCCCCCCCCCCCCCCCCCN1C=CN(CCC)C1CCCCCCCC. The first-order valence-corrected chi connectivity index (χ1v) is 16.5. The summed E-state index contributed by atoms with van der Waals surface area (Å²) in [7, 11) is 0. The van der Waals surface area contributed by atoms with E-state index in [2.05, 4.69) is 43.0 Å². The molecule has 0 N–H and O–H groups in total. The minimum atomic E-state index is 0.641. The molecular formula is C33H66N2. The third-order valence-electron chi connectivity index (χ3n) is 8.03. The molecule has 0 radical (unpaired) electrons. The van der Waals surface area contributed by atoms with Gasteiger partial charge in [-0.2, -0.15) is 0 Å². The lowest BCUT2D eigenvalue weighted by atomic mass is 10.0. The second-order valence-electron chi connectivity index (χ2n) is 11.5. The number of nitrogens with zero attached hydrogens (tertiary/aromatic N) is 2. The second-order valence-corrected chi connectivity index (χ2v) is 11.5. The van der Waals surface area contributed by atoms with Gasteiger partial charge in [-0.25, -0.2) is 0 Å². The van der Waals surface area contributed by atoms with Gasteiger partial charge in [0, 0.05) is 25.5 Å². The molecular weight excluding hydrogens is 424 g/mol. The van der Waals surface area contributed by atoms with Gasteiger partial charge in [0.1, 0.15) is 6.17 Å². The molecule has 0 saturated heterocycles. The van der Waals surface area contributed by atoms with Crippen molar-refractivity contribution in [3.63, 3.8) is 0 Å². The molecule has 35 heavy (non-hydrogen) atoms. The van der Waals surface area contributed by atoms with Crippen molar-refractivity contribution >= 4 is 0 Å². The Kier molecular flexibility index (Phi) is 23.1. The second kappa shape index (κ2) is 25.0. The average Bonchev–Trinajstić information content (AvgIpc) is 3.24. The van der Waals surface area contributed by atoms with Gasteiger partial charge in [-0.15, -0.1) is 0 Å². The highest BCUT2D eigenvalue weighted by atomic mass is 15.4. The van der Waals surface area contributed by atoms with Crippen molar-refractivity contribution in [1.82, 2.24) is 9.80 Å². The van der Waals surface area contributed by atoms with E-state index in [0.29, 0.717) is 6.17 Å². The van der Waals surface area contributed by atoms with E-state index in [1.807, 2.05) is 0 Å². The van der Waals surface area contributed by atoms with E-state index in [1.54, 1.807) is 0 Å². The lowest BCUT2D eigenvalue weighted by molar-refractivity contribution is 0.137. The molecule has 1 aliphatic heterocycles. The van der Waals surface area contributed by atoms with Crippen LogP contribution in [0.15, 0.2) is 12.4 Å². The third-order valence-corrected chi connectivity index (χ3v) is 8.03. The molecule has 1 aliphatic rings. The number of hydrogen-bond acceptors (Lipinski definition) is 2. The van der Waals surface area contributed by atoms with Crippen molar-refractivity contribution in [2.24, 2.45) is 0 Å². The lowest BCUT2D eigenvalue weighted by Crippen LogP contribution is -2.39. The van der Waals surface area contributed by atoms with E-state index in [4.69, 9.17) is 0 Å². The van der Waals surface area contributed by atoms with Crippen LogP contribution in [0.25, 0.3) is 0 Å². The fourth-order valence-corrected chi connectivity index (χ4v) is 5.72. The lowest BCUT2D eigenvalue weighted by Gasteiger charge is -2.33. The molecule has 0 aromatic carbocycles. The van der Waals surface area contributed by atoms with Crippen LogP contribution in [0.4, 0.5) is 0 Å². The molecule has 0 aliphatic carbocycles. The Morgan fingerprint density at radius 1 is 0.371 bits per heavy atom. The summed E-state index contributed by atoms with van der Waals surface area (Å²) in [6, 6.07) is 0. The summed E-state index contributed by atoms with van der Waals surface area (Å²) < 4.78 is 0. The van der Waals surface area contributed by atoms with Crippen molar-refractivity contribution in [2.45, 2.75) is 187 Å². The van der Waals surface area contributed by atoms with Crippen molar-refractivity contribution < 1.29 is 0 Å². The molecule has 0 amide bonds. The zero-order valence-corrected chi connectivity index (χ0v) is 24.7. The standard InChI is InChI=1S/C33H66N2/c1-4-7-9-11-13-14-15-16-17-18-19-20-21-22-23-25-27-30-35-32-31-34(29-6-3)33(35)28-26-24-12-10-8-5-2/h31-33H,4-30H2,1-3H3. The Hall–Kier alpha value is -0.660. The molecule has 208 valence electrons. The van der Waals surface area contributed by atoms with E-state index >= 15 is 0 Å². The molecule has 1 unspecified atom stereocenters. The molecule has 1 rings (SSSR count). The van der Waals surface area contributed by atoms with Crippen LogP contribution in [0.1, 0.15) is 181 Å². The Morgan fingerprint density at radius 2 is 0.714 bits per heavy atom. The van der Waals surface area contributed by atoms with E-state index in [0.717, 1.165) is 0 Å². The van der Waals surface area contributed by atoms with Gasteiger partial charge in [-0.1, -0.05) is 156 Å². The fourth-order valence-electron chi connectivity index (χ4n) is 5.72. The maximum atomic E-state index is 2.66. The summed E-state index contributed by atoms with van der Waals surface area (Å²) in [4.78, 5) is 5.27. The van der Waals surface area contributed by atoms with E-state index < -0.39 is 0 Å². The zero-order valence-electron chi connectivity index (χ0n) is 24.7. The van der Waals surface area contributed by atoms with E-state index in [9.17, 15) is 0 Å². The quantitative estimate of drug-likeness (QED) is 0.106. The first-order chi connectivity index (χ1) is 17.3. The smallest absolute Gasteiger partial charge is 0.101 e. The van der Waals surface area contributed by atoms with Gasteiger partial charge in [0.15, 0.2) is 0 Å². The Morgan fingerprint density at radius 3 is 1.11 bits per heavy atom. The average molecular weight is 491 g/mol. The summed E-state index contributed by atoms with van der Waals surface area (Å²) in [5.41, 5.74) is 0. The highest BCUT2D eigenvalue weighted by molar-refractivity contribution is 4.96. The summed E-state index contributed by atoms with van der Waals surface area (Å²) in [6.45, 7) is 9.40. The van der Waals surface area contributed by atoms with Gasteiger partial charge in [0.2, 0.25) is 0 Å². The van der Waals surface area contributed by atoms with Gasteiger partial charge >= 0.3 is 0 Å². The van der Waals surface area contributed by atoms with Crippen molar-refractivity contribution in [2.75, 3.05) is 13.1 Å². The molecule has 0 bridgehead atoms. The van der Waals surface area contributed by atoms with Crippen LogP contribution in [-0.4, -0.2) is 29.1 Å². The van der Waals surface area contributed by atoms with Crippen LogP contribution in [0.2, 0.25) is 0 Å². The van der Waals surface area contributed by atoms with Crippen LogP contribution in [0.3, 0.4) is 0 Å². The summed E-state index contributed by atoms with van der Waals surface area (Å²) in [5, 5.41) is 0. The van der Waals surface area contributed by atoms with Gasteiger partial charge in [0.05, 0.1) is 0 Å². The van der Waals surface area contributed by atoms with Crippen molar-refractivity contribution in [3.8, 4) is 0 Å². The van der Waals surface area contributed by atoms with E-state index in [-0.39, 0.29) is 0 Å². The number of hydrogen-bond donors (Lipinski definition) is 0. The normalized spacial score (nSPS) is 15.6. The van der Waals surface area contributed by atoms with Gasteiger partial charge < -0.3 is 9.80 Å². The fraction of sp³-hybridized carbons (Fsp3) is 0.939. The molecule has 2 nitrogen and oxygen atoms in total. The van der Waals surface area contributed by atoms with E-state index in [1.165, 1.54) is 174 Å². The predicted molar refractivity (Wildman–Crippen MR) is 159 cm³/mol. The van der Waals surface area contributed by atoms with Crippen LogP contribution >= 0.6 is 0 Å². The maximum Gasteiger partial charge on any atom is 0.101 e. The summed E-state index contributed by atoms with van der Waals surface area (Å²) >= 11 is 0. The monoisotopic (exact) mass is 491 g/mol. The first-order valence-electron chi connectivity index (χ1n) is 16.5. The first kappa shape index (κ1) is 32.4. The molecule has 0 aromatic heterocycles. The molecule has 0 aromatic rings. The Balaban J connectivity index is 1.95. The van der Waals surface area contributed by atoms with Crippen molar-refractivity contribution in [1.29, 1.82) is 0 Å². The van der Waals surface area contributed by atoms with Gasteiger partial charge in [-0.05, 0) is 25.7 Å².